The summed E-state index contributed by atoms with van der Waals surface area (Å²) in [4.78, 5) is 16.4. The third-order valence-corrected chi connectivity index (χ3v) is 5.14. The van der Waals surface area contributed by atoms with Gasteiger partial charge in [0, 0.05) is 39.2 Å². The molecule has 0 saturated carbocycles. The van der Waals surface area contributed by atoms with E-state index in [1.807, 2.05) is 44.2 Å². The number of ether oxygens (including phenoxy) is 1. The molecule has 0 saturated heterocycles. The zero-order valence-corrected chi connectivity index (χ0v) is 17.9. The highest BCUT2D eigenvalue weighted by Gasteiger charge is 2.10. The summed E-state index contributed by atoms with van der Waals surface area (Å²) in [5.74, 6) is 0.222. The zero-order valence-electron chi connectivity index (χ0n) is 17.2. The van der Waals surface area contributed by atoms with Gasteiger partial charge in [0.25, 0.3) is 5.91 Å². The average molecular weight is 433 g/mol. The lowest BCUT2D eigenvalue weighted by molar-refractivity contribution is -0.123. The van der Waals surface area contributed by atoms with E-state index in [1.54, 1.807) is 36.7 Å². The molecule has 4 aromatic rings. The summed E-state index contributed by atoms with van der Waals surface area (Å²) in [6.07, 6.45) is 3.43. The standard InChI is InChI=1S/C24H21ClN4O2/c1-16-12-19(14-27-28-24(30)15-31-22-8-5-20(25)6-9-22)17(2)29(16)21-7-10-23-18(13-21)4-3-11-26-23/h3-14H,15H2,1-2H3,(H,28,30)/b27-14-. The van der Waals surface area contributed by atoms with Crippen LogP contribution in [0, 0.1) is 13.8 Å². The van der Waals surface area contributed by atoms with Crippen molar-refractivity contribution < 1.29 is 9.53 Å². The second-order valence-electron chi connectivity index (χ2n) is 7.08. The Kier molecular flexibility index (Phi) is 6.00. The predicted molar refractivity (Wildman–Crippen MR) is 123 cm³/mol. The fourth-order valence-corrected chi connectivity index (χ4v) is 3.53. The summed E-state index contributed by atoms with van der Waals surface area (Å²) < 4.78 is 7.56. The number of rotatable bonds is 6. The number of benzene rings is 2. The monoisotopic (exact) mass is 432 g/mol. The van der Waals surface area contributed by atoms with Crippen LogP contribution in [-0.4, -0.2) is 28.3 Å². The molecule has 0 aliphatic heterocycles. The van der Waals surface area contributed by atoms with Crippen molar-refractivity contribution in [3.05, 3.63) is 88.8 Å². The molecule has 31 heavy (non-hydrogen) atoms. The van der Waals surface area contributed by atoms with Gasteiger partial charge in [0.1, 0.15) is 5.75 Å². The van der Waals surface area contributed by atoms with Crippen LogP contribution >= 0.6 is 11.6 Å². The molecule has 0 unspecified atom stereocenters. The number of pyridine rings is 1. The molecule has 1 N–H and O–H groups in total. The molecule has 0 atom stereocenters. The SMILES string of the molecule is Cc1cc(/C=N\NC(=O)COc2ccc(Cl)cc2)c(C)n1-c1ccc2ncccc2c1. The minimum Gasteiger partial charge on any atom is -0.484 e. The lowest BCUT2D eigenvalue weighted by Crippen LogP contribution is -2.24. The number of amides is 1. The molecule has 0 spiro atoms. The first-order valence-corrected chi connectivity index (χ1v) is 10.1. The fraction of sp³-hybridized carbons (Fsp3) is 0.125. The van der Waals surface area contributed by atoms with E-state index in [1.165, 1.54) is 0 Å². The molecule has 1 amide bonds. The Labute approximate surface area is 185 Å². The Morgan fingerprint density at radius 2 is 1.97 bits per heavy atom. The molecule has 156 valence electrons. The van der Waals surface area contributed by atoms with E-state index in [4.69, 9.17) is 16.3 Å². The fourth-order valence-electron chi connectivity index (χ4n) is 3.40. The smallest absolute Gasteiger partial charge is 0.277 e. The highest BCUT2D eigenvalue weighted by Crippen LogP contribution is 2.23. The maximum absolute atomic E-state index is 12.0. The number of aryl methyl sites for hydroxylation is 1. The van der Waals surface area contributed by atoms with E-state index < -0.39 is 0 Å². The summed E-state index contributed by atoms with van der Waals surface area (Å²) in [5.41, 5.74) is 7.52. The molecular formula is C24H21ClN4O2. The van der Waals surface area contributed by atoms with Gasteiger partial charge in [-0.2, -0.15) is 5.10 Å². The van der Waals surface area contributed by atoms with Crippen molar-refractivity contribution >= 4 is 34.6 Å². The molecule has 6 nitrogen and oxygen atoms in total. The number of hydrazone groups is 1. The molecule has 0 fully saturated rings. The quantitative estimate of drug-likeness (QED) is 0.350. The minimum atomic E-state index is -0.345. The van der Waals surface area contributed by atoms with E-state index in [9.17, 15) is 4.79 Å². The molecule has 0 radical (unpaired) electrons. The van der Waals surface area contributed by atoms with Crippen LogP contribution in [0.25, 0.3) is 16.6 Å². The Bertz CT molecular complexity index is 1260. The number of nitrogens with one attached hydrogen (secondary N) is 1. The van der Waals surface area contributed by atoms with Gasteiger partial charge in [0.05, 0.1) is 11.7 Å². The summed E-state index contributed by atoms with van der Waals surface area (Å²) in [5, 5.41) is 5.77. The first kappa shape index (κ1) is 20.6. The molecule has 2 heterocycles. The van der Waals surface area contributed by atoms with Crippen LogP contribution in [0.3, 0.4) is 0 Å². The number of halogens is 1. The molecule has 0 aliphatic rings. The Morgan fingerprint density at radius 1 is 1.16 bits per heavy atom. The Morgan fingerprint density at radius 3 is 2.77 bits per heavy atom. The summed E-state index contributed by atoms with van der Waals surface area (Å²) >= 11 is 5.83. The third kappa shape index (κ3) is 4.75. The first-order chi connectivity index (χ1) is 15.0. The lowest BCUT2D eigenvalue weighted by Gasteiger charge is -2.10. The molecule has 0 bridgehead atoms. The van der Waals surface area contributed by atoms with Crippen LogP contribution < -0.4 is 10.2 Å². The number of aromatic nitrogens is 2. The van der Waals surface area contributed by atoms with E-state index in [0.717, 1.165) is 33.5 Å². The van der Waals surface area contributed by atoms with Crippen molar-refractivity contribution in [3.8, 4) is 11.4 Å². The van der Waals surface area contributed by atoms with Crippen LogP contribution in [0.5, 0.6) is 5.75 Å². The van der Waals surface area contributed by atoms with Gasteiger partial charge in [-0.1, -0.05) is 17.7 Å². The van der Waals surface area contributed by atoms with Gasteiger partial charge in [-0.25, -0.2) is 5.43 Å². The van der Waals surface area contributed by atoms with E-state index >= 15 is 0 Å². The lowest BCUT2D eigenvalue weighted by atomic mass is 10.2. The maximum atomic E-state index is 12.0. The summed E-state index contributed by atoms with van der Waals surface area (Å²) in [6, 6.07) is 19.0. The van der Waals surface area contributed by atoms with Gasteiger partial charge in [-0.05, 0) is 68.4 Å². The van der Waals surface area contributed by atoms with Gasteiger partial charge in [0.15, 0.2) is 6.61 Å². The van der Waals surface area contributed by atoms with E-state index in [0.29, 0.717) is 10.8 Å². The molecule has 2 aromatic heterocycles. The Hall–Kier alpha value is -3.64. The van der Waals surface area contributed by atoms with Crippen molar-refractivity contribution in [2.75, 3.05) is 6.61 Å². The largest absolute Gasteiger partial charge is 0.484 e. The summed E-state index contributed by atoms with van der Waals surface area (Å²) in [6.45, 7) is 3.92. The van der Waals surface area contributed by atoms with E-state index in [-0.39, 0.29) is 12.5 Å². The van der Waals surface area contributed by atoms with Gasteiger partial charge >= 0.3 is 0 Å². The maximum Gasteiger partial charge on any atom is 0.277 e. The van der Waals surface area contributed by atoms with Crippen LogP contribution in [-0.2, 0) is 4.79 Å². The highest BCUT2D eigenvalue weighted by molar-refractivity contribution is 6.30. The second-order valence-corrected chi connectivity index (χ2v) is 7.51. The zero-order chi connectivity index (χ0) is 21.8. The topological polar surface area (TPSA) is 68.5 Å². The molecule has 7 heteroatoms. The normalized spacial score (nSPS) is 11.2. The van der Waals surface area contributed by atoms with Crippen LogP contribution in [0.1, 0.15) is 17.0 Å². The number of hydrogen-bond acceptors (Lipinski definition) is 4. The third-order valence-electron chi connectivity index (χ3n) is 4.89. The van der Waals surface area contributed by atoms with Crippen molar-refractivity contribution in [2.24, 2.45) is 5.10 Å². The van der Waals surface area contributed by atoms with Gasteiger partial charge < -0.3 is 9.30 Å². The number of fused-ring (bicyclic) bond motifs is 1. The van der Waals surface area contributed by atoms with Crippen molar-refractivity contribution in [1.29, 1.82) is 0 Å². The predicted octanol–water partition coefficient (Wildman–Crippen LogP) is 4.82. The number of hydrogen-bond donors (Lipinski definition) is 1. The number of carbonyl (C=O) groups is 1. The van der Waals surface area contributed by atoms with Gasteiger partial charge in [-0.15, -0.1) is 0 Å². The second kappa shape index (κ2) is 9.02. The van der Waals surface area contributed by atoms with Gasteiger partial charge in [-0.3, -0.25) is 9.78 Å². The molecule has 0 aliphatic carbocycles. The van der Waals surface area contributed by atoms with Crippen LogP contribution in [0.15, 0.2) is 72.0 Å². The van der Waals surface area contributed by atoms with Crippen molar-refractivity contribution in [3.63, 3.8) is 0 Å². The van der Waals surface area contributed by atoms with Crippen molar-refractivity contribution in [2.45, 2.75) is 13.8 Å². The molecule has 2 aromatic carbocycles. The average Bonchev–Trinajstić information content (AvgIpc) is 3.06. The molecule has 4 rings (SSSR count). The van der Waals surface area contributed by atoms with Crippen molar-refractivity contribution in [1.82, 2.24) is 15.0 Å². The van der Waals surface area contributed by atoms with Gasteiger partial charge in [0.2, 0.25) is 0 Å². The number of carbonyl (C=O) groups excluding carboxylic acids is 1. The molecular weight excluding hydrogens is 412 g/mol. The van der Waals surface area contributed by atoms with E-state index in [2.05, 4.69) is 26.1 Å². The minimum absolute atomic E-state index is 0.136. The number of nitrogens with zero attached hydrogens (tertiary/aromatic N) is 3. The van der Waals surface area contributed by atoms with Crippen LogP contribution in [0.2, 0.25) is 5.02 Å². The van der Waals surface area contributed by atoms with Crippen LogP contribution in [0.4, 0.5) is 0 Å². The highest BCUT2D eigenvalue weighted by atomic mass is 35.5. The Balaban J connectivity index is 1.43. The first-order valence-electron chi connectivity index (χ1n) is 9.75. The summed E-state index contributed by atoms with van der Waals surface area (Å²) in [7, 11) is 0.